The van der Waals surface area contributed by atoms with Gasteiger partial charge in [0.15, 0.2) is 0 Å². The molecule has 0 fully saturated rings. The molecule has 2 N–H and O–H groups in total. The Kier molecular flexibility index (Phi) is 3.00. The molecule has 0 aliphatic carbocycles. The minimum absolute atomic E-state index is 0.216. The first kappa shape index (κ1) is 11.5. The Morgan fingerprint density at radius 2 is 1.76 bits per heavy atom. The van der Waals surface area contributed by atoms with Crippen molar-refractivity contribution in [1.29, 1.82) is 0 Å². The van der Waals surface area contributed by atoms with E-state index in [1.165, 1.54) is 5.56 Å². The van der Waals surface area contributed by atoms with E-state index in [9.17, 15) is 4.79 Å². The lowest BCUT2D eigenvalue weighted by Crippen LogP contribution is -1.95. The molecule has 2 aromatic rings. The number of carboxylic acids is 1. The summed E-state index contributed by atoms with van der Waals surface area (Å²) in [6.45, 7) is 4.29. The monoisotopic (exact) mass is 229 g/mol. The normalized spacial score (nSPS) is 10.8. The molecule has 0 saturated carbocycles. The van der Waals surface area contributed by atoms with Crippen LogP contribution in [0.5, 0.6) is 0 Å². The van der Waals surface area contributed by atoms with Gasteiger partial charge in [0.05, 0.1) is 0 Å². The van der Waals surface area contributed by atoms with Gasteiger partial charge in [-0.2, -0.15) is 0 Å². The van der Waals surface area contributed by atoms with Gasteiger partial charge in [-0.25, -0.2) is 4.79 Å². The Morgan fingerprint density at radius 1 is 1.12 bits per heavy atom. The van der Waals surface area contributed by atoms with Crippen LogP contribution in [-0.4, -0.2) is 16.1 Å². The van der Waals surface area contributed by atoms with Crippen molar-refractivity contribution in [2.24, 2.45) is 0 Å². The van der Waals surface area contributed by atoms with Gasteiger partial charge in [0.1, 0.15) is 5.69 Å². The number of H-pyrrole nitrogens is 1. The van der Waals surface area contributed by atoms with Crippen LogP contribution in [0.25, 0.3) is 11.3 Å². The van der Waals surface area contributed by atoms with E-state index in [0.717, 1.165) is 11.3 Å². The van der Waals surface area contributed by atoms with Crippen LogP contribution in [0.4, 0.5) is 0 Å². The summed E-state index contributed by atoms with van der Waals surface area (Å²) in [6.07, 6.45) is 0. The predicted octanol–water partition coefficient (Wildman–Crippen LogP) is 3.50. The third-order valence-electron chi connectivity index (χ3n) is 2.80. The Balaban J connectivity index is 2.30. The average Bonchev–Trinajstić information content (AvgIpc) is 2.78. The molecule has 0 spiro atoms. The number of carboxylic acid groups (broad SMARTS) is 1. The molecule has 0 saturated heterocycles. The van der Waals surface area contributed by atoms with Crippen LogP contribution < -0.4 is 0 Å². The minimum atomic E-state index is -0.935. The van der Waals surface area contributed by atoms with E-state index in [-0.39, 0.29) is 5.69 Å². The molecular formula is C14H15NO2. The molecule has 0 amide bonds. The van der Waals surface area contributed by atoms with Gasteiger partial charge in [-0.15, -0.1) is 0 Å². The second-order valence-electron chi connectivity index (χ2n) is 4.37. The van der Waals surface area contributed by atoms with Crippen LogP contribution in [0.3, 0.4) is 0 Å². The van der Waals surface area contributed by atoms with E-state index < -0.39 is 5.97 Å². The molecule has 0 unspecified atom stereocenters. The number of aromatic amines is 1. The molecule has 3 heteroatoms. The zero-order valence-electron chi connectivity index (χ0n) is 9.90. The number of aromatic carboxylic acids is 1. The van der Waals surface area contributed by atoms with E-state index in [0.29, 0.717) is 5.92 Å². The highest BCUT2D eigenvalue weighted by Crippen LogP contribution is 2.22. The smallest absolute Gasteiger partial charge is 0.352 e. The van der Waals surface area contributed by atoms with Crippen molar-refractivity contribution < 1.29 is 9.90 Å². The number of benzene rings is 1. The standard InChI is InChI=1S/C14H15NO2/c1-9(2)10-3-5-11(6-4-10)12-7-8-13(15-12)14(16)17/h3-9,15H,1-2H3,(H,16,17). The summed E-state index contributed by atoms with van der Waals surface area (Å²) in [4.78, 5) is 13.6. The summed E-state index contributed by atoms with van der Waals surface area (Å²) < 4.78 is 0. The maximum Gasteiger partial charge on any atom is 0.352 e. The first-order valence-electron chi connectivity index (χ1n) is 5.60. The third kappa shape index (κ3) is 2.38. The Labute approximate surface area is 100 Å². The predicted molar refractivity (Wildman–Crippen MR) is 67.3 cm³/mol. The van der Waals surface area contributed by atoms with Crippen LogP contribution >= 0.6 is 0 Å². The van der Waals surface area contributed by atoms with E-state index in [1.54, 1.807) is 12.1 Å². The highest BCUT2D eigenvalue weighted by molar-refractivity contribution is 5.86. The van der Waals surface area contributed by atoms with Crippen LogP contribution in [0, 0.1) is 0 Å². The maximum atomic E-state index is 10.8. The van der Waals surface area contributed by atoms with Gasteiger partial charge in [0.2, 0.25) is 0 Å². The summed E-state index contributed by atoms with van der Waals surface area (Å²) in [5.74, 6) is -0.433. The topological polar surface area (TPSA) is 53.1 Å². The SMILES string of the molecule is CC(C)c1ccc(-c2ccc(C(=O)O)[nH]2)cc1. The van der Waals surface area contributed by atoms with Gasteiger partial charge < -0.3 is 10.1 Å². The molecule has 0 bridgehead atoms. The van der Waals surface area contributed by atoms with Gasteiger partial charge in [0.25, 0.3) is 0 Å². The molecule has 1 aromatic carbocycles. The maximum absolute atomic E-state index is 10.8. The van der Waals surface area contributed by atoms with E-state index >= 15 is 0 Å². The van der Waals surface area contributed by atoms with Crippen molar-refractivity contribution in [2.45, 2.75) is 19.8 Å². The van der Waals surface area contributed by atoms with Crippen molar-refractivity contribution in [3.63, 3.8) is 0 Å². The molecule has 1 heterocycles. The third-order valence-corrected chi connectivity index (χ3v) is 2.80. The quantitative estimate of drug-likeness (QED) is 0.846. The molecule has 0 radical (unpaired) electrons. The van der Waals surface area contributed by atoms with Crippen LogP contribution in [0.2, 0.25) is 0 Å². The summed E-state index contributed by atoms with van der Waals surface area (Å²) in [5.41, 5.74) is 3.33. The molecular weight excluding hydrogens is 214 g/mol. The highest BCUT2D eigenvalue weighted by Gasteiger charge is 2.07. The number of carbonyl (C=O) groups is 1. The van der Waals surface area contributed by atoms with E-state index in [4.69, 9.17) is 5.11 Å². The first-order chi connectivity index (χ1) is 8.08. The van der Waals surface area contributed by atoms with Crippen molar-refractivity contribution in [2.75, 3.05) is 0 Å². The van der Waals surface area contributed by atoms with Gasteiger partial charge in [0, 0.05) is 5.69 Å². The lowest BCUT2D eigenvalue weighted by atomic mass is 10.0. The molecule has 0 aliphatic rings. The second-order valence-corrected chi connectivity index (χ2v) is 4.37. The minimum Gasteiger partial charge on any atom is -0.477 e. The van der Waals surface area contributed by atoms with Gasteiger partial charge >= 0.3 is 5.97 Å². The molecule has 1 aromatic heterocycles. The number of hydrogen-bond acceptors (Lipinski definition) is 1. The van der Waals surface area contributed by atoms with E-state index in [2.05, 4.69) is 31.0 Å². The Morgan fingerprint density at radius 3 is 2.24 bits per heavy atom. The number of hydrogen-bond donors (Lipinski definition) is 2. The Bertz CT molecular complexity index is 523. The van der Waals surface area contributed by atoms with Crippen LogP contribution in [-0.2, 0) is 0 Å². The average molecular weight is 229 g/mol. The van der Waals surface area contributed by atoms with Crippen molar-refractivity contribution in [3.05, 3.63) is 47.7 Å². The fourth-order valence-corrected chi connectivity index (χ4v) is 1.74. The number of aromatic nitrogens is 1. The summed E-state index contributed by atoms with van der Waals surface area (Å²) in [5, 5.41) is 8.83. The fourth-order valence-electron chi connectivity index (χ4n) is 1.74. The van der Waals surface area contributed by atoms with E-state index in [1.807, 2.05) is 12.1 Å². The molecule has 3 nitrogen and oxygen atoms in total. The zero-order chi connectivity index (χ0) is 12.4. The molecule has 0 atom stereocenters. The molecule has 2 rings (SSSR count). The van der Waals surface area contributed by atoms with Crippen LogP contribution in [0.15, 0.2) is 36.4 Å². The largest absolute Gasteiger partial charge is 0.477 e. The van der Waals surface area contributed by atoms with Gasteiger partial charge in [-0.05, 0) is 29.2 Å². The van der Waals surface area contributed by atoms with Gasteiger partial charge in [-0.3, -0.25) is 0 Å². The lowest BCUT2D eigenvalue weighted by Gasteiger charge is -2.05. The second kappa shape index (κ2) is 4.45. The summed E-state index contributed by atoms with van der Waals surface area (Å²) in [6, 6.07) is 11.5. The van der Waals surface area contributed by atoms with Gasteiger partial charge in [-0.1, -0.05) is 38.1 Å². The molecule has 0 aliphatic heterocycles. The van der Waals surface area contributed by atoms with Crippen LogP contribution in [0.1, 0.15) is 35.8 Å². The summed E-state index contributed by atoms with van der Waals surface area (Å²) in [7, 11) is 0. The molecule has 17 heavy (non-hydrogen) atoms. The fraction of sp³-hybridized carbons (Fsp3) is 0.214. The van der Waals surface area contributed by atoms with Crippen molar-refractivity contribution in [1.82, 2.24) is 4.98 Å². The number of nitrogens with one attached hydrogen (secondary N) is 1. The number of rotatable bonds is 3. The Hall–Kier alpha value is -2.03. The first-order valence-corrected chi connectivity index (χ1v) is 5.60. The highest BCUT2D eigenvalue weighted by atomic mass is 16.4. The van der Waals surface area contributed by atoms with Crippen molar-refractivity contribution >= 4 is 5.97 Å². The lowest BCUT2D eigenvalue weighted by molar-refractivity contribution is 0.0691. The molecule has 88 valence electrons. The zero-order valence-corrected chi connectivity index (χ0v) is 9.90. The summed E-state index contributed by atoms with van der Waals surface area (Å²) >= 11 is 0. The van der Waals surface area contributed by atoms with Crippen molar-refractivity contribution in [3.8, 4) is 11.3 Å².